The van der Waals surface area contributed by atoms with Crippen LogP contribution in [-0.2, 0) is 4.74 Å². The first-order chi connectivity index (χ1) is 6.85. The van der Waals surface area contributed by atoms with Gasteiger partial charge in [0.05, 0.1) is 12.9 Å². The summed E-state index contributed by atoms with van der Waals surface area (Å²) in [5.74, 6) is 0. The Morgan fingerprint density at radius 2 is 1.93 bits per heavy atom. The van der Waals surface area contributed by atoms with Gasteiger partial charge in [-0.05, 0) is 19.4 Å². The van der Waals surface area contributed by atoms with E-state index in [4.69, 9.17) is 0 Å². The summed E-state index contributed by atoms with van der Waals surface area (Å²) in [4.78, 5) is 0. The SMILES string of the molecule is C=COCC.CC=Cc1ccccc1. The van der Waals surface area contributed by atoms with E-state index in [1.54, 1.807) is 0 Å². The van der Waals surface area contributed by atoms with E-state index >= 15 is 0 Å². The van der Waals surface area contributed by atoms with E-state index in [0.29, 0.717) is 0 Å². The van der Waals surface area contributed by atoms with Crippen LogP contribution in [0.15, 0.2) is 49.2 Å². The van der Waals surface area contributed by atoms with Gasteiger partial charge in [0.15, 0.2) is 0 Å². The van der Waals surface area contributed by atoms with Gasteiger partial charge < -0.3 is 4.74 Å². The Kier molecular flexibility index (Phi) is 8.56. The van der Waals surface area contributed by atoms with Gasteiger partial charge in [-0.3, -0.25) is 0 Å². The molecule has 0 aromatic heterocycles. The topological polar surface area (TPSA) is 9.23 Å². The molecule has 0 unspecified atom stereocenters. The molecule has 0 amide bonds. The maximum absolute atomic E-state index is 4.60. The van der Waals surface area contributed by atoms with Crippen molar-refractivity contribution < 1.29 is 4.74 Å². The average Bonchev–Trinajstić information content (AvgIpc) is 2.22. The Hall–Kier alpha value is -1.50. The molecule has 0 bridgehead atoms. The minimum Gasteiger partial charge on any atom is -0.502 e. The van der Waals surface area contributed by atoms with Crippen molar-refractivity contribution in [2.75, 3.05) is 6.61 Å². The molecule has 1 rings (SSSR count). The predicted octanol–water partition coefficient (Wildman–Crippen LogP) is 3.89. The number of rotatable bonds is 3. The van der Waals surface area contributed by atoms with E-state index in [9.17, 15) is 0 Å². The summed E-state index contributed by atoms with van der Waals surface area (Å²) in [5.41, 5.74) is 1.26. The first-order valence-corrected chi connectivity index (χ1v) is 4.75. The van der Waals surface area contributed by atoms with E-state index in [-0.39, 0.29) is 0 Å². The summed E-state index contributed by atoms with van der Waals surface area (Å²) in [6, 6.07) is 10.3. The van der Waals surface area contributed by atoms with Crippen molar-refractivity contribution in [3.8, 4) is 0 Å². The standard InChI is InChI=1S/C9H10.C4H8O/c1-2-6-9-7-4-3-5-8-9;1-3-5-4-2/h2-8H,1H3;3H,1,4H2,2H3. The number of allylic oxidation sites excluding steroid dienone is 1. The summed E-state index contributed by atoms with van der Waals surface area (Å²) in [5, 5.41) is 0. The zero-order valence-corrected chi connectivity index (χ0v) is 8.94. The molecular weight excluding hydrogens is 172 g/mol. The summed E-state index contributed by atoms with van der Waals surface area (Å²) < 4.78 is 4.60. The lowest BCUT2D eigenvalue weighted by Crippen LogP contribution is -1.72. The smallest absolute Gasteiger partial charge is 0.0844 e. The average molecular weight is 190 g/mol. The number of hydrogen-bond donors (Lipinski definition) is 0. The van der Waals surface area contributed by atoms with E-state index in [0.717, 1.165) is 6.61 Å². The van der Waals surface area contributed by atoms with E-state index in [2.05, 4.69) is 29.5 Å². The van der Waals surface area contributed by atoms with Crippen molar-refractivity contribution in [3.63, 3.8) is 0 Å². The van der Waals surface area contributed by atoms with Crippen molar-refractivity contribution in [1.29, 1.82) is 0 Å². The highest BCUT2D eigenvalue weighted by atomic mass is 16.5. The fourth-order valence-electron chi connectivity index (χ4n) is 0.874. The molecule has 0 N–H and O–H groups in total. The highest BCUT2D eigenvalue weighted by Crippen LogP contribution is 1.99. The van der Waals surface area contributed by atoms with Crippen LogP contribution in [0.4, 0.5) is 0 Å². The fraction of sp³-hybridized carbons (Fsp3) is 0.231. The zero-order valence-electron chi connectivity index (χ0n) is 8.94. The Bertz CT molecular complexity index is 249. The van der Waals surface area contributed by atoms with Crippen LogP contribution in [0.1, 0.15) is 19.4 Å². The van der Waals surface area contributed by atoms with Gasteiger partial charge in [-0.25, -0.2) is 0 Å². The molecule has 76 valence electrons. The monoisotopic (exact) mass is 190 g/mol. The van der Waals surface area contributed by atoms with Gasteiger partial charge >= 0.3 is 0 Å². The molecule has 1 aromatic carbocycles. The van der Waals surface area contributed by atoms with Gasteiger partial charge in [0.25, 0.3) is 0 Å². The van der Waals surface area contributed by atoms with Crippen LogP contribution in [-0.4, -0.2) is 6.61 Å². The Morgan fingerprint density at radius 3 is 2.29 bits per heavy atom. The van der Waals surface area contributed by atoms with Crippen LogP contribution in [0.2, 0.25) is 0 Å². The third-order valence-electron chi connectivity index (χ3n) is 1.44. The molecule has 0 spiro atoms. The molecule has 0 aliphatic carbocycles. The lowest BCUT2D eigenvalue weighted by Gasteiger charge is -1.86. The number of hydrogen-bond acceptors (Lipinski definition) is 1. The first-order valence-electron chi connectivity index (χ1n) is 4.75. The Morgan fingerprint density at radius 1 is 1.29 bits per heavy atom. The van der Waals surface area contributed by atoms with Crippen molar-refractivity contribution in [2.24, 2.45) is 0 Å². The molecule has 0 radical (unpaired) electrons. The van der Waals surface area contributed by atoms with Gasteiger partial charge in [0, 0.05) is 0 Å². The van der Waals surface area contributed by atoms with E-state index in [1.165, 1.54) is 11.8 Å². The fourth-order valence-corrected chi connectivity index (χ4v) is 0.874. The van der Waals surface area contributed by atoms with Gasteiger partial charge in [-0.15, -0.1) is 0 Å². The lowest BCUT2D eigenvalue weighted by molar-refractivity contribution is 0.270. The molecule has 0 saturated heterocycles. The van der Waals surface area contributed by atoms with Crippen molar-refractivity contribution in [3.05, 3.63) is 54.8 Å². The molecule has 1 heteroatoms. The molecule has 0 fully saturated rings. The van der Waals surface area contributed by atoms with Crippen molar-refractivity contribution in [2.45, 2.75) is 13.8 Å². The summed E-state index contributed by atoms with van der Waals surface area (Å²) in [7, 11) is 0. The van der Waals surface area contributed by atoms with Gasteiger partial charge in [-0.1, -0.05) is 49.1 Å². The second-order valence-corrected chi connectivity index (χ2v) is 2.53. The molecule has 0 heterocycles. The second kappa shape index (κ2) is 9.59. The molecule has 1 nitrogen and oxygen atoms in total. The second-order valence-electron chi connectivity index (χ2n) is 2.53. The van der Waals surface area contributed by atoms with E-state index < -0.39 is 0 Å². The number of benzene rings is 1. The maximum Gasteiger partial charge on any atom is 0.0844 e. The zero-order chi connectivity index (χ0) is 10.6. The molecule has 14 heavy (non-hydrogen) atoms. The number of ether oxygens (including phenoxy) is 1. The summed E-state index contributed by atoms with van der Waals surface area (Å²) >= 11 is 0. The highest BCUT2D eigenvalue weighted by molar-refractivity contribution is 5.47. The van der Waals surface area contributed by atoms with Gasteiger partial charge in [-0.2, -0.15) is 0 Å². The van der Waals surface area contributed by atoms with Crippen LogP contribution in [0.5, 0.6) is 0 Å². The minimum atomic E-state index is 0.726. The molecule has 1 aromatic rings. The minimum absolute atomic E-state index is 0.726. The van der Waals surface area contributed by atoms with E-state index in [1.807, 2.05) is 38.1 Å². The quantitative estimate of drug-likeness (QED) is 0.657. The summed E-state index contributed by atoms with van der Waals surface area (Å²) in [6.07, 6.45) is 5.55. The third kappa shape index (κ3) is 7.17. The van der Waals surface area contributed by atoms with Gasteiger partial charge in [0.1, 0.15) is 0 Å². The van der Waals surface area contributed by atoms with Crippen molar-refractivity contribution in [1.82, 2.24) is 0 Å². The molecular formula is C13H18O. The summed E-state index contributed by atoms with van der Waals surface area (Å²) in [6.45, 7) is 7.99. The molecule has 0 atom stereocenters. The molecule has 0 saturated carbocycles. The highest BCUT2D eigenvalue weighted by Gasteiger charge is 1.77. The van der Waals surface area contributed by atoms with Crippen molar-refractivity contribution >= 4 is 6.08 Å². The van der Waals surface area contributed by atoms with Crippen LogP contribution in [0.25, 0.3) is 6.08 Å². The van der Waals surface area contributed by atoms with Crippen LogP contribution in [0, 0.1) is 0 Å². The first kappa shape index (κ1) is 12.5. The Labute approximate surface area is 86.7 Å². The molecule has 0 aliphatic heterocycles. The van der Waals surface area contributed by atoms with Crippen LogP contribution in [0.3, 0.4) is 0 Å². The van der Waals surface area contributed by atoms with Crippen LogP contribution >= 0.6 is 0 Å². The van der Waals surface area contributed by atoms with Crippen LogP contribution < -0.4 is 0 Å². The molecule has 0 aliphatic rings. The third-order valence-corrected chi connectivity index (χ3v) is 1.44. The maximum atomic E-state index is 4.60. The normalized spacial score (nSPS) is 9.00. The lowest BCUT2D eigenvalue weighted by atomic mass is 10.2. The predicted molar refractivity (Wildman–Crippen MR) is 63.0 cm³/mol. The largest absolute Gasteiger partial charge is 0.502 e. The Balaban J connectivity index is 0.000000292. The van der Waals surface area contributed by atoms with Gasteiger partial charge in [0.2, 0.25) is 0 Å².